The average molecular weight is 449 g/mol. The lowest BCUT2D eigenvalue weighted by atomic mass is 9.60. The number of allylic oxidation sites excluding steroid dienone is 3. The fraction of sp³-hybridized carbons (Fsp3) is 0.613. The van der Waals surface area contributed by atoms with Crippen LogP contribution in [0.15, 0.2) is 59.7 Å². The van der Waals surface area contributed by atoms with Crippen molar-refractivity contribution >= 4 is 0 Å². The molecule has 1 aromatic rings. The van der Waals surface area contributed by atoms with Crippen molar-refractivity contribution in [3.8, 4) is 5.75 Å². The topological polar surface area (TPSA) is 29.5 Å². The Morgan fingerprint density at radius 3 is 2.67 bits per heavy atom. The van der Waals surface area contributed by atoms with Crippen LogP contribution >= 0.6 is 0 Å². The van der Waals surface area contributed by atoms with Crippen LogP contribution in [0.25, 0.3) is 0 Å². The first-order valence-corrected chi connectivity index (χ1v) is 13.3. The van der Waals surface area contributed by atoms with Crippen molar-refractivity contribution in [3.05, 3.63) is 65.3 Å². The minimum Gasteiger partial charge on any atom is -0.497 e. The Hall–Kier alpha value is -1.80. The van der Waals surface area contributed by atoms with E-state index < -0.39 is 0 Å². The zero-order valence-electron chi connectivity index (χ0n) is 21.1. The second kappa shape index (κ2) is 10.6. The molecule has 0 amide bonds. The number of aryl methyl sites for hydroxylation is 1. The number of ether oxygens (including phenoxy) is 1. The fourth-order valence-electron chi connectivity index (χ4n) is 7.27. The first kappa shape index (κ1) is 24.3. The normalized spacial score (nSPS) is 33.3. The summed E-state index contributed by atoms with van der Waals surface area (Å²) in [4.78, 5) is 0. The quantitative estimate of drug-likeness (QED) is 0.460. The maximum atomic E-state index is 10.2. The molecule has 1 N–H and O–H groups in total. The van der Waals surface area contributed by atoms with E-state index in [9.17, 15) is 5.11 Å². The van der Waals surface area contributed by atoms with E-state index in [1.54, 1.807) is 12.7 Å². The summed E-state index contributed by atoms with van der Waals surface area (Å²) < 4.78 is 5.29. The summed E-state index contributed by atoms with van der Waals surface area (Å²) in [6.07, 6.45) is 17.8. The lowest BCUT2D eigenvalue weighted by molar-refractivity contribution is 0.0935. The zero-order valence-corrected chi connectivity index (χ0v) is 21.1. The number of aliphatic hydroxyl groups is 1. The van der Waals surface area contributed by atoms with Gasteiger partial charge in [-0.1, -0.05) is 56.7 Å². The molecule has 180 valence electrons. The lowest BCUT2D eigenvalue weighted by Crippen LogP contribution is -2.36. The molecule has 4 rings (SSSR count). The van der Waals surface area contributed by atoms with Crippen molar-refractivity contribution < 1.29 is 9.84 Å². The van der Waals surface area contributed by atoms with Crippen molar-refractivity contribution in [1.29, 1.82) is 0 Å². The largest absolute Gasteiger partial charge is 0.497 e. The molecule has 0 aromatic heterocycles. The first-order valence-electron chi connectivity index (χ1n) is 13.3. The highest BCUT2D eigenvalue weighted by molar-refractivity contribution is 5.37. The van der Waals surface area contributed by atoms with Gasteiger partial charge in [-0.15, -0.1) is 0 Å². The van der Waals surface area contributed by atoms with Gasteiger partial charge in [-0.25, -0.2) is 0 Å². The molecule has 0 saturated heterocycles. The molecule has 2 heteroatoms. The van der Waals surface area contributed by atoms with Crippen molar-refractivity contribution in [2.45, 2.75) is 90.6 Å². The van der Waals surface area contributed by atoms with E-state index in [4.69, 9.17) is 4.74 Å². The Morgan fingerprint density at radius 1 is 1.12 bits per heavy atom. The van der Waals surface area contributed by atoms with Gasteiger partial charge in [-0.05, 0) is 116 Å². The zero-order chi connectivity index (χ0) is 23.4. The van der Waals surface area contributed by atoms with E-state index in [1.807, 2.05) is 0 Å². The minimum absolute atomic E-state index is 0.338. The van der Waals surface area contributed by atoms with Crippen LogP contribution in [-0.2, 0) is 6.42 Å². The maximum Gasteiger partial charge on any atom is 0.118 e. The predicted octanol–water partition coefficient (Wildman–Crippen LogP) is 7.82. The van der Waals surface area contributed by atoms with Crippen LogP contribution in [0.1, 0.15) is 83.6 Å². The molecule has 0 bridgehead atoms. The van der Waals surface area contributed by atoms with Gasteiger partial charge >= 0.3 is 0 Å². The van der Waals surface area contributed by atoms with Gasteiger partial charge < -0.3 is 9.84 Å². The molecule has 3 fully saturated rings. The molecule has 0 aliphatic heterocycles. The van der Waals surface area contributed by atoms with Gasteiger partial charge in [0.05, 0.1) is 13.2 Å². The molecule has 3 aliphatic carbocycles. The highest BCUT2D eigenvalue weighted by Crippen LogP contribution is 2.59. The number of rotatable bonds is 7. The van der Waals surface area contributed by atoms with E-state index in [2.05, 4.69) is 56.8 Å². The van der Waals surface area contributed by atoms with Crippen molar-refractivity contribution in [3.63, 3.8) is 0 Å². The molecule has 1 aromatic carbocycles. The maximum absolute atomic E-state index is 10.2. The van der Waals surface area contributed by atoms with Crippen LogP contribution in [-0.4, -0.2) is 18.3 Å². The van der Waals surface area contributed by atoms with Gasteiger partial charge in [0.15, 0.2) is 0 Å². The highest BCUT2D eigenvalue weighted by Gasteiger charge is 2.50. The second-order valence-electron chi connectivity index (χ2n) is 11.2. The molecular weight excluding hydrogens is 404 g/mol. The third-order valence-electron chi connectivity index (χ3n) is 9.25. The molecule has 4 unspecified atom stereocenters. The third kappa shape index (κ3) is 5.32. The summed E-state index contributed by atoms with van der Waals surface area (Å²) in [6.45, 7) is 9.27. The van der Waals surface area contributed by atoms with Crippen LogP contribution in [0, 0.1) is 23.2 Å². The fourth-order valence-corrected chi connectivity index (χ4v) is 7.27. The Balaban J connectivity index is 1.37. The van der Waals surface area contributed by atoms with Crippen LogP contribution < -0.4 is 4.74 Å². The van der Waals surface area contributed by atoms with Crippen LogP contribution in [0.3, 0.4) is 0 Å². The van der Waals surface area contributed by atoms with Gasteiger partial charge in [0.25, 0.3) is 0 Å². The van der Waals surface area contributed by atoms with E-state index >= 15 is 0 Å². The Kier molecular flexibility index (Phi) is 7.84. The summed E-state index contributed by atoms with van der Waals surface area (Å²) in [5, 5.41) is 10.2. The number of fused-ring (bicyclic) bond motifs is 1. The molecule has 2 nitrogen and oxygen atoms in total. The van der Waals surface area contributed by atoms with Gasteiger partial charge in [0.2, 0.25) is 0 Å². The number of hydrogen-bond acceptors (Lipinski definition) is 2. The number of benzene rings is 1. The molecule has 33 heavy (non-hydrogen) atoms. The van der Waals surface area contributed by atoms with Gasteiger partial charge in [0, 0.05) is 0 Å². The van der Waals surface area contributed by atoms with Crippen molar-refractivity contribution in [2.75, 3.05) is 7.11 Å². The van der Waals surface area contributed by atoms with Crippen LogP contribution in [0.2, 0.25) is 0 Å². The Morgan fingerprint density at radius 2 is 1.91 bits per heavy atom. The summed E-state index contributed by atoms with van der Waals surface area (Å²) in [5.74, 6) is 3.29. The molecular formula is C31H44O2. The summed E-state index contributed by atoms with van der Waals surface area (Å²) >= 11 is 0. The molecule has 0 heterocycles. The highest BCUT2D eigenvalue weighted by atomic mass is 16.5. The Bertz CT molecular complexity index is 877. The smallest absolute Gasteiger partial charge is 0.118 e. The monoisotopic (exact) mass is 448 g/mol. The van der Waals surface area contributed by atoms with Gasteiger partial charge in [0.1, 0.15) is 5.75 Å². The standard InChI is InChI=1S/C31H44O2/c1-22(8-5-9-24-13-17-27(33-4)18-14-24)28-19-20-29-26(11-7-21-31(28,29)3)16-15-25-10-6-12-30(32)23(25)2/h13-18,22,28-30,32H,2,5-12,19-21H2,1,3-4H3/b25-15-,26-16+/t22-,28?,29?,30?,31?/m1/s1. The summed E-state index contributed by atoms with van der Waals surface area (Å²) in [5.41, 5.74) is 5.76. The van der Waals surface area contributed by atoms with Crippen molar-refractivity contribution in [2.24, 2.45) is 23.2 Å². The number of hydrogen-bond donors (Lipinski definition) is 1. The van der Waals surface area contributed by atoms with Gasteiger partial charge in [-0.3, -0.25) is 0 Å². The first-order chi connectivity index (χ1) is 15.9. The van der Waals surface area contributed by atoms with Gasteiger partial charge in [-0.2, -0.15) is 0 Å². The molecule has 3 aliphatic rings. The van der Waals surface area contributed by atoms with Crippen LogP contribution in [0.5, 0.6) is 5.75 Å². The van der Waals surface area contributed by atoms with Crippen LogP contribution in [0.4, 0.5) is 0 Å². The van der Waals surface area contributed by atoms with E-state index in [1.165, 1.54) is 56.1 Å². The SMILES string of the molecule is C=C1/C(=C\C=C2/CCCC3(C)C2CCC3[C@H](C)CCCc2ccc(OC)cc2)CCCC1O. The van der Waals surface area contributed by atoms with E-state index in [0.29, 0.717) is 5.41 Å². The van der Waals surface area contributed by atoms with Crippen molar-refractivity contribution in [1.82, 2.24) is 0 Å². The number of methoxy groups -OCH3 is 1. The number of aliphatic hydroxyl groups excluding tert-OH is 1. The third-order valence-corrected chi connectivity index (χ3v) is 9.25. The second-order valence-corrected chi connectivity index (χ2v) is 11.2. The van der Waals surface area contributed by atoms with E-state index in [0.717, 1.165) is 54.8 Å². The molecule has 5 atom stereocenters. The predicted molar refractivity (Wildman–Crippen MR) is 138 cm³/mol. The summed E-state index contributed by atoms with van der Waals surface area (Å²) in [7, 11) is 1.73. The Labute approximate surface area is 201 Å². The molecule has 0 radical (unpaired) electrons. The van der Waals surface area contributed by atoms with E-state index in [-0.39, 0.29) is 6.10 Å². The minimum atomic E-state index is -0.338. The lowest BCUT2D eigenvalue weighted by Gasteiger charge is -2.44. The average Bonchev–Trinajstić information content (AvgIpc) is 3.18. The molecule has 3 saturated carbocycles. The summed E-state index contributed by atoms with van der Waals surface area (Å²) in [6, 6.07) is 8.58. The molecule has 0 spiro atoms.